The zero-order valence-corrected chi connectivity index (χ0v) is 17.8. The number of nitrogens with one attached hydrogen (secondary N) is 1. The average Bonchev–Trinajstić information content (AvgIpc) is 2.67. The molecule has 0 atom stereocenters. The van der Waals surface area contributed by atoms with E-state index < -0.39 is 28.4 Å². The van der Waals surface area contributed by atoms with Gasteiger partial charge in [0.25, 0.3) is 5.91 Å². The van der Waals surface area contributed by atoms with E-state index in [1.165, 1.54) is 31.5 Å². The Morgan fingerprint density at radius 2 is 1.79 bits per heavy atom. The fraction of sp³-hybridized carbons (Fsp3) is 0.167. The third-order valence-electron chi connectivity index (χ3n) is 3.61. The van der Waals surface area contributed by atoms with Gasteiger partial charge in [0.15, 0.2) is 0 Å². The van der Waals surface area contributed by atoms with Crippen LogP contribution in [0.4, 0.5) is 5.69 Å². The number of carbonyl (C=O) groups excluding carboxylic acids is 2. The van der Waals surface area contributed by atoms with Crippen LogP contribution in [-0.4, -0.2) is 46.4 Å². The minimum absolute atomic E-state index is 0.159. The van der Waals surface area contributed by atoms with Crippen molar-refractivity contribution in [2.24, 2.45) is 5.10 Å². The van der Waals surface area contributed by atoms with Crippen molar-refractivity contribution in [3.63, 3.8) is 0 Å². The minimum atomic E-state index is -3.76. The average molecular weight is 458 g/mol. The number of ether oxygens (including phenoxy) is 1. The number of sulfonamides is 1. The third kappa shape index (κ3) is 6.45. The first-order valence-corrected chi connectivity index (χ1v) is 10.7. The van der Waals surface area contributed by atoms with Crippen molar-refractivity contribution >= 4 is 57.0 Å². The highest BCUT2D eigenvalue weighted by Crippen LogP contribution is 2.28. The molecule has 2 rings (SSSR count). The smallest absolute Gasteiger partial charge is 0.337 e. The van der Waals surface area contributed by atoms with Crippen LogP contribution < -0.4 is 9.73 Å². The molecule has 1 N–H and O–H groups in total. The zero-order valence-electron chi connectivity index (χ0n) is 15.4. The summed E-state index contributed by atoms with van der Waals surface area (Å²) >= 11 is 11.8. The van der Waals surface area contributed by atoms with E-state index in [1.54, 1.807) is 24.3 Å². The van der Waals surface area contributed by atoms with Gasteiger partial charge in [0.1, 0.15) is 6.54 Å². The van der Waals surface area contributed by atoms with E-state index in [-0.39, 0.29) is 15.7 Å². The SMILES string of the molecule is COC(=O)c1ccc(/C=N\NC(=O)CN(c2ccc(Cl)c(Cl)c2)S(C)(=O)=O)cc1. The van der Waals surface area contributed by atoms with Gasteiger partial charge in [-0.1, -0.05) is 35.3 Å². The summed E-state index contributed by atoms with van der Waals surface area (Å²) in [6.07, 6.45) is 2.32. The first-order chi connectivity index (χ1) is 13.6. The van der Waals surface area contributed by atoms with Gasteiger partial charge in [-0.3, -0.25) is 9.10 Å². The van der Waals surface area contributed by atoms with E-state index in [0.717, 1.165) is 10.6 Å². The molecule has 154 valence electrons. The number of esters is 1. The molecule has 0 saturated carbocycles. The number of hydrogen-bond acceptors (Lipinski definition) is 6. The summed E-state index contributed by atoms with van der Waals surface area (Å²) in [5.74, 6) is -1.13. The number of nitrogens with zero attached hydrogens (tertiary/aromatic N) is 2. The second-order valence-electron chi connectivity index (χ2n) is 5.77. The molecule has 29 heavy (non-hydrogen) atoms. The zero-order chi connectivity index (χ0) is 21.6. The first kappa shape index (κ1) is 22.7. The van der Waals surface area contributed by atoms with Gasteiger partial charge in [-0.25, -0.2) is 18.6 Å². The Morgan fingerprint density at radius 1 is 1.14 bits per heavy atom. The summed E-state index contributed by atoms with van der Waals surface area (Å²) in [6, 6.07) is 10.5. The predicted molar refractivity (Wildman–Crippen MR) is 112 cm³/mol. The van der Waals surface area contributed by atoms with Crippen molar-refractivity contribution in [1.82, 2.24) is 5.43 Å². The molecule has 1 amide bonds. The van der Waals surface area contributed by atoms with Crippen LogP contribution in [0.25, 0.3) is 0 Å². The number of hydrazone groups is 1. The van der Waals surface area contributed by atoms with Crippen molar-refractivity contribution in [2.75, 3.05) is 24.2 Å². The van der Waals surface area contributed by atoms with E-state index >= 15 is 0 Å². The largest absolute Gasteiger partial charge is 0.465 e. The fourth-order valence-electron chi connectivity index (χ4n) is 2.21. The molecule has 0 spiro atoms. The lowest BCUT2D eigenvalue weighted by Crippen LogP contribution is -2.39. The molecular weight excluding hydrogens is 441 g/mol. The number of rotatable bonds is 7. The second-order valence-corrected chi connectivity index (χ2v) is 8.50. The molecule has 2 aromatic rings. The van der Waals surface area contributed by atoms with E-state index in [9.17, 15) is 18.0 Å². The molecular formula is C18H17Cl2N3O5S. The quantitative estimate of drug-likeness (QED) is 0.390. The van der Waals surface area contributed by atoms with Gasteiger partial charge >= 0.3 is 5.97 Å². The van der Waals surface area contributed by atoms with Crippen molar-refractivity contribution in [2.45, 2.75) is 0 Å². The Hall–Kier alpha value is -2.62. The minimum Gasteiger partial charge on any atom is -0.465 e. The van der Waals surface area contributed by atoms with Gasteiger partial charge < -0.3 is 4.74 Å². The number of hydrogen-bond donors (Lipinski definition) is 1. The maximum atomic E-state index is 12.1. The standard InChI is InChI=1S/C18H17Cl2N3O5S/c1-28-18(25)13-5-3-12(4-6-13)10-21-22-17(24)11-23(29(2,26)27)14-7-8-15(19)16(20)9-14/h3-10H,11H2,1-2H3,(H,22,24)/b21-10-. The molecule has 0 aliphatic rings. The summed E-state index contributed by atoms with van der Waals surface area (Å²) in [5.41, 5.74) is 3.43. The number of anilines is 1. The third-order valence-corrected chi connectivity index (χ3v) is 5.49. The fourth-order valence-corrected chi connectivity index (χ4v) is 3.35. The number of halogens is 2. The number of amides is 1. The van der Waals surface area contributed by atoms with E-state index in [4.69, 9.17) is 23.2 Å². The van der Waals surface area contributed by atoms with Crippen molar-refractivity contribution in [1.29, 1.82) is 0 Å². The summed E-state index contributed by atoms with van der Waals surface area (Å²) in [4.78, 5) is 23.5. The molecule has 0 fully saturated rings. The van der Waals surface area contributed by atoms with Crippen LogP contribution in [0.15, 0.2) is 47.6 Å². The van der Waals surface area contributed by atoms with E-state index in [2.05, 4.69) is 15.3 Å². The van der Waals surface area contributed by atoms with Crippen molar-refractivity contribution in [3.05, 3.63) is 63.6 Å². The molecule has 0 saturated heterocycles. The number of benzene rings is 2. The Labute approximate surface area is 178 Å². The number of methoxy groups -OCH3 is 1. The Kier molecular flexibility index (Phi) is 7.60. The maximum absolute atomic E-state index is 12.1. The summed E-state index contributed by atoms with van der Waals surface area (Å²) < 4.78 is 29.6. The van der Waals surface area contributed by atoms with Gasteiger partial charge in [-0.15, -0.1) is 0 Å². The highest BCUT2D eigenvalue weighted by Gasteiger charge is 2.21. The van der Waals surface area contributed by atoms with E-state index in [0.29, 0.717) is 11.1 Å². The highest BCUT2D eigenvalue weighted by atomic mass is 35.5. The van der Waals surface area contributed by atoms with Crippen LogP contribution in [0.1, 0.15) is 15.9 Å². The summed E-state index contributed by atoms with van der Waals surface area (Å²) in [7, 11) is -2.48. The lowest BCUT2D eigenvalue weighted by Gasteiger charge is -2.21. The molecule has 0 aliphatic heterocycles. The van der Waals surface area contributed by atoms with Crippen molar-refractivity contribution in [3.8, 4) is 0 Å². The predicted octanol–water partition coefficient (Wildman–Crippen LogP) is 2.70. The Bertz CT molecular complexity index is 1040. The topological polar surface area (TPSA) is 105 Å². The summed E-state index contributed by atoms with van der Waals surface area (Å²) in [6.45, 7) is -0.505. The van der Waals surface area contributed by atoms with Crippen LogP contribution >= 0.6 is 23.2 Å². The van der Waals surface area contributed by atoms with Gasteiger partial charge in [0.05, 0.1) is 40.9 Å². The van der Waals surface area contributed by atoms with Gasteiger partial charge in [0, 0.05) is 0 Å². The van der Waals surface area contributed by atoms with Crippen LogP contribution in [0.2, 0.25) is 10.0 Å². The van der Waals surface area contributed by atoms with Crippen LogP contribution in [0.5, 0.6) is 0 Å². The lowest BCUT2D eigenvalue weighted by molar-refractivity contribution is -0.119. The van der Waals surface area contributed by atoms with Crippen LogP contribution in [0.3, 0.4) is 0 Å². The molecule has 0 aliphatic carbocycles. The molecule has 0 aromatic heterocycles. The van der Waals surface area contributed by atoms with Crippen LogP contribution in [-0.2, 0) is 19.6 Å². The Balaban J connectivity index is 2.06. The molecule has 0 bridgehead atoms. The van der Waals surface area contributed by atoms with Crippen LogP contribution in [0, 0.1) is 0 Å². The van der Waals surface area contributed by atoms with Gasteiger partial charge in [-0.05, 0) is 35.9 Å². The number of carbonyl (C=O) groups is 2. The molecule has 0 unspecified atom stereocenters. The monoisotopic (exact) mass is 457 g/mol. The maximum Gasteiger partial charge on any atom is 0.337 e. The second kappa shape index (κ2) is 9.73. The Morgan fingerprint density at radius 3 is 2.34 bits per heavy atom. The van der Waals surface area contributed by atoms with Gasteiger partial charge in [-0.2, -0.15) is 5.10 Å². The lowest BCUT2D eigenvalue weighted by atomic mass is 10.1. The van der Waals surface area contributed by atoms with E-state index in [1.807, 2.05) is 0 Å². The normalized spacial score (nSPS) is 11.3. The highest BCUT2D eigenvalue weighted by molar-refractivity contribution is 7.92. The molecule has 8 nitrogen and oxygen atoms in total. The first-order valence-electron chi connectivity index (χ1n) is 8.05. The molecule has 2 aromatic carbocycles. The molecule has 0 radical (unpaired) electrons. The molecule has 0 heterocycles. The summed E-state index contributed by atoms with van der Waals surface area (Å²) in [5, 5.41) is 4.21. The van der Waals surface area contributed by atoms with Crippen molar-refractivity contribution < 1.29 is 22.7 Å². The molecule has 11 heteroatoms. The van der Waals surface area contributed by atoms with Gasteiger partial charge in [0.2, 0.25) is 10.0 Å².